The first-order chi connectivity index (χ1) is 12.1. The van der Waals surface area contributed by atoms with Crippen molar-refractivity contribution >= 4 is 52.1 Å². The summed E-state index contributed by atoms with van der Waals surface area (Å²) >= 11 is 18.5. The Morgan fingerprint density at radius 1 is 1.12 bits per heavy atom. The Morgan fingerprint density at radius 3 is 2.23 bits per heavy atom. The Morgan fingerprint density at radius 2 is 1.69 bits per heavy atom. The molecule has 2 rings (SSSR count). The van der Waals surface area contributed by atoms with Crippen molar-refractivity contribution in [2.45, 2.75) is 20.8 Å². The molecule has 1 N–H and O–H groups in total. The predicted molar refractivity (Wildman–Crippen MR) is 103 cm³/mol. The highest BCUT2D eigenvalue weighted by atomic mass is 35.5. The minimum absolute atomic E-state index is 0.123. The number of amides is 1. The van der Waals surface area contributed by atoms with E-state index in [-0.39, 0.29) is 28.1 Å². The molecular formula is C17H15Cl3N2O4. The van der Waals surface area contributed by atoms with E-state index < -0.39 is 10.8 Å². The van der Waals surface area contributed by atoms with E-state index in [4.69, 9.17) is 39.5 Å². The SMILES string of the molecule is Cc1ccc([N+](=O)[O-])cc1NC(=O)COc1c(Cl)c(C)c(Cl)c(C)c1Cl. The molecule has 0 aromatic heterocycles. The van der Waals surface area contributed by atoms with Crippen LogP contribution >= 0.6 is 34.8 Å². The van der Waals surface area contributed by atoms with Crippen LogP contribution in [0.15, 0.2) is 18.2 Å². The highest BCUT2D eigenvalue weighted by Crippen LogP contribution is 2.42. The summed E-state index contributed by atoms with van der Waals surface area (Å²) in [7, 11) is 0. The number of rotatable bonds is 5. The van der Waals surface area contributed by atoms with Gasteiger partial charge in [0.2, 0.25) is 0 Å². The van der Waals surface area contributed by atoms with Crippen LogP contribution < -0.4 is 10.1 Å². The van der Waals surface area contributed by atoms with Crippen molar-refractivity contribution in [1.82, 2.24) is 0 Å². The summed E-state index contributed by atoms with van der Waals surface area (Å²) in [6, 6.07) is 4.19. The van der Waals surface area contributed by atoms with Crippen LogP contribution in [0.5, 0.6) is 5.75 Å². The fraction of sp³-hybridized carbons (Fsp3) is 0.235. The molecule has 0 saturated heterocycles. The van der Waals surface area contributed by atoms with E-state index in [1.807, 2.05) is 0 Å². The second-order valence-corrected chi connectivity index (χ2v) is 6.75. The van der Waals surface area contributed by atoms with E-state index in [0.717, 1.165) is 0 Å². The molecule has 0 unspecified atom stereocenters. The molecule has 0 heterocycles. The van der Waals surface area contributed by atoms with Gasteiger partial charge >= 0.3 is 0 Å². The summed E-state index contributed by atoms with van der Waals surface area (Å²) in [4.78, 5) is 22.5. The third-order valence-electron chi connectivity index (χ3n) is 3.77. The van der Waals surface area contributed by atoms with E-state index in [1.165, 1.54) is 12.1 Å². The molecule has 0 radical (unpaired) electrons. The van der Waals surface area contributed by atoms with Crippen LogP contribution in [0.25, 0.3) is 0 Å². The molecule has 9 heteroatoms. The second-order valence-electron chi connectivity index (χ2n) is 5.61. The van der Waals surface area contributed by atoms with Gasteiger partial charge in [-0.1, -0.05) is 40.9 Å². The Kier molecular flexibility index (Phi) is 6.34. The first-order valence-corrected chi connectivity index (χ1v) is 8.58. The van der Waals surface area contributed by atoms with Gasteiger partial charge < -0.3 is 10.1 Å². The second kappa shape index (κ2) is 8.12. The zero-order chi connectivity index (χ0) is 19.6. The lowest BCUT2D eigenvalue weighted by molar-refractivity contribution is -0.384. The zero-order valence-electron chi connectivity index (χ0n) is 14.2. The molecule has 138 valence electrons. The highest BCUT2D eigenvalue weighted by Gasteiger charge is 2.19. The number of non-ortho nitro benzene ring substituents is 1. The van der Waals surface area contributed by atoms with Gasteiger partial charge in [-0.05, 0) is 37.5 Å². The standard InChI is InChI=1S/C17H15Cl3N2O4/c1-8-4-5-11(22(24)25)6-12(8)21-13(23)7-26-17-15(19)9(2)14(18)10(3)16(17)20/h4-6H,7H2,1-3H3,(H,21,23). The lowest BCUT2D eigenvalue weighted by atomic mass is 10.1. The number of hydrogen-bond donors (Lipinski definition) is 1. The average Bonchev–Trinajstić information content (AvgIpc) is 2.60. The summed E-state index contributed by atoms with van der Waals surface area (Å²) in [6.45, 7) is 4.78. The number of carbonyl (C=O) groups excluding carboxylic acids is 1. The number of nitrogens with zero attached hydrogens (tertiary/aromatic N) is 1. The van der Waals surface area contributed by atoms with Crippen LogP contribution in [0, 0.1) is 30.9 Å². The molecule has 0 atom stereocenters. The Hall–Kier alpha value is -2.02. The average molecular weight is 418 g/mol. The van der Waals surface area contributed by atoms with Gasteiger partial charge in [-0.15, -0.1) is 0 Å². The van der Waals surface area contributed by atoms with Crippen molar-refractivity contribution in [1.29, 1.82) is 0 Å². The van der Waals surface area contributed by atoms with Crippen LogP contribution in [-0.4, -0.2) is 17.4 Å². The van der Waals surface area contributed by atoms with Crippen molar-refractivity contribution in [3.63, 3.8) is 0 Å². The Labute approximate surface area is 165 Å². The molecule has 0 saturated carbocycles. The van der Waals surface area contributed by atoms with Crippen LogP contribution in [0.3, 0.4) is 0 Å². The van der Waals surface area contributed by atoms with E-state index in [2.05, 4.69) is 5.32 Å². The van der Waals surface area contributed by atoms with Gasteiger partial charge in [0, 0.05) is 17.2 Å². The molecule has 2 aromatic carbocycles. The van der Waals surface area contributed by atoms with E-state index in [1.54, 1.807) is 26.8 Å². The van der Waals surface area contributed by atoms with Gasteiger partial charge in [0.15, 0.2) is 12.4 Å². The Bertz CT molecular complexity index is 871. The molecule has 2 aromatic rings. The summed E-state index contributed by atoms with van der Waals surface area (Å²) in [6.07, 6.45) is 0. The van der Waals surface area contributed by atoms with E-state index >= 15 is 0 Å². The van der Waals surface area contributed by atoms with E-state index in [0.29, 0.717) is 27.4 Å². The monoisotopic (exact) mass is 416 g/mol. The number of benzene rings is 2. The number of nitro benzene ring substituents is 1. The number of nitro groups is 1. The topological polar surface area (TPSA) is 81.5 Å². The van der Waals surface area contributed by atoms with E-state index in [9.17, 15) is 14.9 Å². The van der Waals surface area contributed by atoms with Crippen LogP contribution in [0.1, 0.15) is 16.7 Å². The molecule has 6 nitrogen and oxygen atoms in total. The van der Waals surface area contributed by atoms with Gasteiger partial charge in [0.05, 0.1) is 20.7 Å². The third kappa shape index (κ3) is 4.20. The Balaban J connectivity index is 2.16. The molecule has 0 aliphatic carbocycles. The highest BCUT2D eigenvalue weighted by molar-refractivity contribution is 6.42. The van der Waals surface area contributed by atoms with Crippen molar-refractivity contribution in [2.24, 2.45) is 0 Å². The van der Waals surface area contributed by atoms with Crippen LogP contribution in [0.2, 0.25) is 15.1 Å². The molecule has 0 fully saturated rings. The number of nitrogens with one attached hydrogen (secondary N) is 1. The van der Waals surface area contributed by atoms with Gasteiger partial charge in [0.1, 0.15) is 0 Å². The maximum Gasteiger partial charge on any atom is 0.271 e. The minimum Gasteiger partial charge on any atom is -0.481 e. The fourth-order valence-electron chi connectivity index (χ4n) is 2.22. The zero-order valence-corrected chi connectivity index (χ0v) is 16.4. The third-order valence-corrected chi connectivity index (χ3v) is 5.25. The molecule has 26 heavy (non-hydrogen) atoms. The summed E-state index contributed by atoms with van der Waals surface area (Å²) in [5, 5.41) is 14.3. The quantitative estimate of drug-likeness (QED) is 0.514. The number of halogens is 3. The number of ether oxygens (including phenoxy) is 1. The molecule has 1 amide bonds. The van der Waals surface area contributed by atoms with Gasteiger partial charge in [-0.3, -0.25) is 14.9 Å². The smallest absolute Gasteiger partial charge is 0.271 e. The predicted octanol–water partition coefficient (Wildman–Crippen LogP) is 5.50. The van der Waals surface area contributed by atoms with Gasteiger partial charge in [-0.2, -0.15) is 0 Å². The largest absolute Gasteiger partial charge is 0.481 e. The maximum absolute atomic E-state index is 12.2. The number of aryl methyl sites for hydroxylation is 1. The first kappa shape index (κ1) is 20.3. The van der Waals surface area contributed by atoms with Crippen LogP contribution in [0.4, 0.5) is 11.4 Å². The van der Waals surface area contributed by atoms with Gasteiger partial charge in [0.25, 0.3) is 11.6 Å². The fourth-order valence-corrected chi connectivity index (χ4v) is 3.04. The number of anilines is 1. The summed E-state index contributed by atoms with van der Waals surface area (Å²) in [5.74, 6) is -0.343. The van der Waals surface area contributed by atoms with Crippen molar-refractivity contribution in [3.05, 3.63) is 60.1 Å². The van der Waals surface area contributed by atoms with Gasteiger partial charge in [-0.25, -0.2) is 0 Å². The lowest BCUT2D eigenvalue weighted by Crippen LogP contribution is -2.21. The normalized spacial score (nSPS) is 10.5. The lowest BCUT2D eigenvalue weighted by Gasteiger charge is -2.15. The van der Waals surface area contributed by atoms with Crippen molar-refractivity contribution in [3.8, 4) is 5.75 Å². The van der Waals surface area contributed by atoms with Crippen molar-refractivity contribution in [2.75, 3.05) is 11.9 Å². The molecule has 0 aliphatic rings. The molecule has 0 bridgehead atoms. The molecular weight excluding hydrogens is 403 g/mol. The molecule has 0 aliphatic heterocycles. The number of carbonyl (C=O) groups is 1. The minimum atomic E-state index is -0.537. The maximum atomic E-state index is 12.2. The number of hydrogen-bond acceptors (Lipinski definition) is 4. The summed E-state index contributed by atoms with van der Waals surface area (Å²) < 4.78 is 5.47. The van der Waals surface area contributed by atoms with Crippen LogP contribution in [-0.2, 0) is 4.79 Å². The first-order valence-electron chi connectivity index (χ1n) is 7.44. The van der Waals surface area contributed by atoms with Crippen molar-refractivity contribution < 1.29 is 14.5 Å². The molecule has 0 spiro atoms. The summed E-state index contributed by atoms with van der Waals surface area (Å²) in [5.41, 5.74) is 2.08.